The maximum absolute atomic E-state index is 13.0. The summed E-state index contributed by atoms with van der Waals surface area (Å²) in [6.07, 6.45) is 3.46. The van der Waals surface area contributed by atoms with Crippen molar-refractivity contribution in [3.63, 3.8) is 0 Å². The van der Waals surface area contributed by atoms with Crippen LogP contribution in [-0.2, 0) is 14.3 Å². The molecule has 164 valence electrons. The minimum absolute atomic E-state index is 0.0235. The average molecular weight is 434 g/mol. The number of carbonyl (C=O) groups is 2. The molecular weight excluding hydrogens is 412 g/mol. The first-order valence-corrected chi connectivity index (χ1v) is 9.85. The number of hydrogen-bond acceptors (Lipinski definition) is 6. The number of allylic oxidation sites excluding steroid dienone is 2. The number of esters is 1. The molecule has 1 unspecified atom stereocenters. The van der Waals surface area contributed by atoms with Crippen molar-refractivity contribution < 1.29 is 24.4 Å². The van der Waals surface area contributed by atoms with Crippen LogP contribution < -0.4 is 5.32 Å². The number of rotatable bonds is 7. The van der Waals surface area contributed by atoms with Gasteiger partial charge in [0, 0.05) is 23.0 Å². The Kier molecular flexibility index (Phi) is 6.84. The van der Waals surface area contributed by atoms with E-state index in [0.29, 0.717) is 11.4 Å². The first-order chi connectivity index (χ1) is 15.3. The SMILES string of the molecule is CC1=C(C(=O)O)C(c2ccccc2[N+](=O)[O-])C(C(=O)OCC=Cc2ccccc2)=C(C)N1. The molecule has 8 nitrogen and oxygen atoms in total. The van der Waals surface area contributed by atoms with Gasteiger partial charge in [0.2, 0.25) is 0 Å². The van der Waals surface area contributed by atoms with Gasteiger partial charge in [-0.15, -0.1) is 0 Å². The summed E-state index contributed by atoms with van der Waals surface area (Å²) in [7, 11) is 0. The molecule has 2 N–H and O–H groups in total. The van der Waals surface area contributed by atoms with Gasteiger partial charge in [-0.25, -0.2) is 9.59 Å². The fourth-order valence-electron chi connectivity index (χ4n) is 3.71. The molecule has 8 heteroatoms. The molecule has 0 bridgehead atoms. The molecule has 0 aliphatic carbocycles. The Morgan fingerprint density at radius 3 is 2.34 bits per heavy atom. The Hall–Kier alpha value is -4.20. The van der Waals surface area contributed by atoms with Crippen LogP contribution in [0.4, 0.5) is 5.69 Å². The summed E-state index contributed by atoms with van der Waals surface area (Å²) in [5.41, 5.74) is 1.34. The zero-order valence-electron chi connectivity index (χ0n) is 17.6. The Morgan fingerprint density at radius 2 is 1.69 bits per heavy atom. The summed E-state index contributed by atoms with van der Waals surface area (Å²) in [6.45, 7) is 3.12. The largest absolute Gasteiger partial charge is 0.478 e. The second kappa shape index (κ2) is 9.74. The van der Waals surface area contributed by atoms with Crippen molar-refractivity contribution in [3.05, 3.63) is 104 Å². The summed E-state index contributed by atoms with van der Waals surface area (Å²) < 4.78 is 5.38. The van der Waals surface area contributed by atoms with Crippen LogP contribution in [0.2, 0.25) is 0 Å². The van der Waals surface area contributed by atoms with E-state index in [4.69, 9.17) is 4.74 Å². The molecule has 0 aromatic heterocycles. The van der Waals surface area contributed by atoms with Gasteiger partial charge >= 0.3 is 11.9 Å². The number of hydrogen-bond donors (Lipinski definition) is 2. The lowest BCUT2D eigenvalue weighted by Crippen LogP contribution is -2.32. The highest BCUT2D eigenvalue weighted by atomic mass is 16.6. The lowest BCUT2D eigenvalue weighted by Gasteiger charge is -2.29. The number of para-hydroxylation sites is 1. The molecule has 1 aliphatic heterocycles. The van der Waals surface area contributed by atoms with Crippen molar-refractivity contribution in [2.24, 2.45) is 0 Å². The standard InChI is InChI=1S/C24H22N2O6/c1-15-20(23(27)28)22(18-12-6-7-13-19(18)26(30)31)21(16(2)25-15)24(29)32-14-8-11-17-9-4-3-5-10-17/h3-13,22,25H,14H2,1-2H3,(H,27,28). The van der Waals surface area contributed by atoms with Gasteiger partial charge in [0.25, 0.3) is 5.69 Å². The van der Waals surface area contributed by atoms with Crippen LogP contribution in [0.5, 0.6) is 0 Å². The summed E-state index contributed by atoms with van der Waals surface area (Å²) in [6, 6.07) is 15.2. The molecule has 2 aromatic rings. The fraction of sp³-hybridized carbons (Fsp3) is 0.167. The Labute approximate surface area is 184 Å². The fourth-order valence-corrected chi connectivity index (χ4v) is 3.71. The topological polar surface area (TPSA) is 119 Å². The number of nitro benzene ring substituents is 1. The Bertz CT molecular complexity index is 1150. The van der Waals surface area contributed by atoms with Crippen molar-refractivity contribution in [1.82, 2.24) is 5.32 Å². The molecule has 1 atom stereocenters. The quantitative estimate of drug-likeness (QED) is 0.381. The van der Waals surface area contributed by atoms with Gasteiger partial charge in [0.05, 0.1) is 22.0 Å². The Balaban J connectivity index is 1.96. The lowest BCUT2D eigenvalue weighted by atomic mass is 9.79. The van der Waals surface area contributed by atoms with Crippen LogP contribution in [-0.4, -0.2) is 28.6 Å². The zero-order chi connectivity index (χ0) is 23.3. The number of nitrogens with one attached hydrogen (secondary N) is 1. The number of ether oxygens (including phenoxy) is 1. The third-order valence-corrected chi connectivity index (χ3v) is 5.08. The molecule has 0 saturated carbocycles. The lowest BCUT2D eigenvalue weighted by molar-refractivity contribution is -0.385. The van der Waals surface area contributed by atoms with Gasteiger partial charge in [-0.3, -0.25) is 10.1 Å². The molecule has 32 heavy (non-hydrogen) atoms. The van der Waals surface area contributed by atoms with Gasteiger partial charge in [0.15, 0.2) is 0 Å². The van der Waals surface area contributed by atoms with Crippen LogP contribution in [0.25, 0.3) is 6.08 Å². The van der Waals surface area contributed by atoms with E-state index >= 15 is 0 Å². The van der Waals surface area contributed by atoms with Gasteiger partial charge < -0.3 is 15.2 Å². The maximum atomic E-state index is 13.0. The number of nitro groups is 1. The molecule has 1 aliphatic rings. The second-order valence-electron chi connectivity index (χ2n) is 7.17. The molecule has 2 aromatic carbocycles. The van der Waals surface area contributed by atoms with Crippen molar-refractivity contribution in [2.45, 2.75) is 19.8 Å². The predicted molar refractivity (Wildman–Crippen MR) is 118 cm³/mol. The van der Waals surface area contributed by atoms with Crippen LogP contribution in [0, 0.1) is 10.1 Å². The number of carbonyl (C=O) groups excluding carboxylic acids is 1. The zero-order valence-corrected chi connectivity index (χ0v) is 17.6. The minimum Gasteiger partial charge on any atom is -0.478 e. The van der Waals surface area contributed by atoms with Gasteiger partial charge in [-0.2, -0.15) is 0 Å². The molecular formula is C24H22N2O6. The van der Waals surface area contributed by atoms with E-state index < -0.39 is 22.8 Å². The van der Waals surface area contributed by atoms with Gasteiger partial charge in [-0.05, 0) is 25.5 Å². The number of benzene rings is 2. The second-order valence-corrected chi connectivity index (χ2v) is 7.17. The first-order valence-electron chi connectivity index (χ1n) is 9.85. The van der Waals surface area contributed by atoms with Gasteiger partial charge in [-0.1, -0.05) is 54.6 Å². The van der Waals surface area contributed by atoms with Crippen LogP contribution in [0.15, 0.2) is 83.2 Å². The molecule has 1 heterocycles. The summed E-state index contributed by atoms with van der Waals surface area (Å²) in [5, 5.41) is 24.3. The van der Waals surface area contributed by atoms with E-state index in [9.17, 15) is 24.8 Å². The van der Waals surface area contributed by atoms with Crippen molar-refractivity contribution >= 4 is 23.7 Å². The highest BCUT2D eigenvalue weighted by Crippen LogP contribution is 2.42. The monoisotopic (exact) mass is 434 g/mol. The smallest absolute Gasteiger partial charge is 0.337 e. The summed E-state index contributed by atoms with van der Waals surface area (Å²) >= 11 is 0. The van der Waals surface area contributed by atoms with Gasteiger partial charge in [0.1, 0.15) is 6.61 Å². The van der Waals surface area contributed by atoms with E-state index in [1.54, 1.807) is 32.1 Å². The number of nitrogens with zero attached hydrogens (tertiary/aromatic N) is 1. The van der Waals surface area contributed by atoms with E-state index in [2.05, 4.69) is 5.32 Å². The molecule has 0 saturated heterocycles. The molecule has 0 amide bonds. The number of carboxylic acids is 1. The molecule has 3 rings (SSSR count). The minimum atomic E-state index is -1.28. The van der Waals surface area contributed by atoms with Crippen LogP contribution in [0.1, 0.15) is 30.9 Å². The first kappa shape index (κ1) is 22.5. The van der Waals surface area contributed by atoms with E-state index in [-0.39, 0.29) is 29.0 Å². The summed E-state index contributed by atoms with van der Waals surface area (Å²) in [4.78, 5) is 36.1. The highest BCUT2D eigenvalue weighted by molar-refractivity contribution is 5.99. The normalized spacial score (nSPS) is 16.1. The Morgan fingerprint density at radius 1 is 1.06 bits per heavy atom. The predicted octanol–water partition coefficient (Wildman–Crippen LogP) is 4.17. The van der Waals surface area contributed by atoms with E-state index in [0.717, 1.165) is 5.56 Å². The van der Waals surface area contributed by atoms with Crippen molar-refractivity contribution in [3.8, 4) is 0 Å². The van der Waals surface area contributed by atoms with E-state index in [1.807, 2.05) is 30.3 Å². The number of carboxylic acid groups (broad SMARTS) is 1. The van der Waals surface area contributed by atoms with Crippen LogP contribution >= 0.6 is 0 Å². The van der Waals surface area contributed by atoms with Crippen LogP contribution in [0.3, 0.4) is 0 Å². The third kappa shape index (κ3) is 4.75. The van der Waals surface area contributed by atoms with Crippen molar-refractivity contribution in [1.29, 1.82) is 0 Å². The maximum Gasteiger partial charge on any atom is 0.337 e. The molecule has 0 spiro atoms. The molecule has 0 fully saturated rings. The van der Waals surface area contributed by atoms with E-state index in [1.165, 1.54) is 18.2 Å². The number of dihydropyridines is 1. The highest BCUT2D eigenvalue weighted by Gasteiger charge is 2.40. The van der Waals surface area contributed by atoms with Crippen molar-refractivity contribution in [2.75, 3.05) is 6.61 Å². The average Bonchev–Trinajstić information content (AvgIpc) is 2.76. The summed E-state index contributed by atoms with van der Waals surface area (Å²) in [5.74, 6) is -3.18. The third-order valence-electron chi connectivity index (χ3n) is 5.08. The number of aliphatic carboxylic acids is 1. The molecule has 0 radical (unpaired) electrons.